The molecule has 0 spiro atoms. The SMILES string of the molecule is CCCCCCCCCCCCOC(=O)C(CC)[N+](C)(C)CCCS(=O)(=O)[O-]. The number of hydrogen-bond donors (Lipinski definition) is 0. The molecule has 0 aliphatic rings. The van der Waals surface area contributed by atoms with Crippen molar-refractivity contribution in [2.45, 2.75) is 96.9 Å². The lowest BCUT2D eigenvalue weighted by Crippen LogP contribution is -2.54. The van der Waals surface area contributed by atoms with E-state index in [1.807, 2.05) is 21.0 Å². The molecule has 0 aliphatic carbocycles. The van der Waals surface area contributed by atoms with Crippen molar-refractivity contribution >= 4 is 16.1 Å². The first kappa shape index (κ1) is 27.3. The number of carbonyl (C=O) groups is 1. The second kappa shape index (κ2) is 15.2. The Morgan fingerprint density at radius 2 is 1.39 bits per heavy atom. The van der Waals surface area contributed by atoms with Crippen LogP contribution in [0.5, 0.6) is 0 Å². The maximum absolute atomic E-state index is 12.4. The summed E-state index contributed by atoms with van der Waals surface area (Å²) in [5.41, 5.74) is 0. The minimum Gasteiger partial charge on any atom is -0.748 e. The van der Waals surface area contributed by atoms with Gasteiger partial charge in [0.25, 0.3) is 0 Å². The zero-order chi connectivity index (χ0) is 21.5. The Morgan fingerprint density at radius 3 is 1.86 bits per heavy atom. The monoisotopic (exact) mass is 421 g/mol. The maximum atomic E-state index is 12.4. The van der Waals surface area contributed by atoms with Crippen molar-refractivity contribution in [1.29, 1.82) is 0 Å². The molecular formula is C21H43NO5S. The van der Waals surface area contributed by atoms with Gasteiger partial charge in [-0.2, -0.15) is 0 Å². The summed E-state index contributed by atoms with van der Waals surface area (Å²) in [5.74, 6) is -0.618. The lowest BCUT2D eigenvalue weighted by Gasteiger charge is -2.36. The first-order valence-electron chi connectivity index (χ1n) is 11.1. The fraction of sp³-hybridized carbons (Fsp3) is 0.952. The number of likely N-dealkylation sites (N-methyl/N-ethyl adjacent to an activating group) is 1. The highest BCUT2D eigenvalue weighted by molar-refractivity contribution is 7.85. The van der Waals surface area contributed by atoms with Crippen LogP contribution in [0.4, 0.5) is 0 Å². The van der Waals surface area contributed by atoms with Crippen LogP contribution >= 0.6 is 0 Å². The van der Waals surface area contributed by atoms with Gasteiger partial charge in [-0.15, -0.1) is 0 Å². The van der Waals surface area contributed by atoms with Gasteiger partial charge in [-0.1, -0.05) is 71.6 Å². The first-order chi connectivity index (χ1) is 13.1. The predicted octanol–water partition coefficient (Wildman–Crippen LogP) is 4.24. The molecule has 0 aliphatic heterocycles. The molecule has 0 rings (SSSR count). The maximum Gasteiger partial charge on any atom is 0.364 e. The Balaban J connectivity index is 3.95. The van der Waals surface area contributed by atoms with Crippen molar-refractivity contribution in [3.05, 3.63) is 0 Å². The molecule has 0 bridgehead atoms. The second-order valence-electron chi connectivity index (χ2n) is 8.39. The van der Waals surface area contributed by atoms with Gasteiger partial charge in [0, 0.05) is 18.6 Å². The standard InChI is InChI=1S/C21H43NO5S/c1-5-7-8-9-10-11-12-13-14-15-18-27-21(23)20(6-2)22(3,4)17-16-19-28(24,25)26/h20H,5-19H2,1-4H3. The number of esters is 1. The molecule has 7 heteroatoms. The van der Waals surface area contributed by atoms with Crippen LogP contribution in [0.15, 0.2) is 0 Å². The van der Waals surface area contributed by atoms with Gasteiger partial charge in [-0.25, -0.2) is 13.2 Å². The third-order valence-electron chi connectivity index (χ3n) is 5.37. The summed E-state index contributed by atoms with van der Waals surface area (Å²) in [7, 11) is -0.444. The van der Waals surface area contributed by atoms with Crippen molar-refractivity contribution in [2.75, 3.05) is 33.0 Å². The van der Waals surface area contributed by atoms with E-state index in [-0.39, 0.29) is 18.4 Å². The van der Waals surface area contributed by atoms with E-state index in [4.69, 9.17) is 4.74 Å². The van der Waals surface area contributed by atoms with Crippen LogP contribution in [0, 0.1) is 0 Å². The van der Waals surface area contributed by atoms with Crippen LogP contribution in [-0.2, 0) is 19.6 Å². The van der Waals surface area contributed by atoms with Crippen LogP contribution in [0.1, 0.15) is 90.9 Å². The van der Waals surface area contributed by atoms with Gasteiger partial charge >= 0.3 is 5.97 Å². The Labute approximate surface area is 173 Å². The summed E-state index contributed by atoms with van der Waals surface area (Å²) in [6.07, 6.45) is 13.2. The van der Waals surface area contributed by atoms with Crippen molar-refractivity contribution in [3.8, 4) is 0 Å². The number of hydrogen-bond acceptors (Lipinski definition) is 5. The number of rotatable bonds is 18. The third-order valence-corrected chi connectivity index (χ3v) is 6.16. The van der Waals surface area contributed by atoms with E-state index in [1.54, 1.807) is 0 Å². The van der Waals surface area contributed by atoms with Gasteiger partial charge in [0.15, 0.2) is 6.04 Å². The van der Waals surface area contributed by atoms with E-state index in [0.717, 1.165) is 12.8 Å². The largest absolute Gasteiger partial charge is 0.748 e. The minimum absolute atomic E-state index is 0.228. The molecular weight excluding hydrogens is 378 g/mol. The van der Waals surface area contributed by atoms with Crippen LogP contribution in [-0.4, -0.2) is 62.5 Å². The summed E-state index contributed by atoms with van der Waals surface area (Å²) in [4.78, 5) is 12.4. The fourth-order valence-corrected chi connectivity index (χ4v) is 4.09. The predicted molar refractivity (Wildman–Crippen MR) is 113 cm³/mol. The van der Waals surface area contributed by atoms with Crippen LogP contribution in [0.2, 0.25) is 0 Å². The molecule has 0 aromatic rings. The first-order valence-corrected chi connectivity index (χ1v) is 12.6. The molecule has 0 radical (unpaired) electrons. The summed E-state index contributed by atoms with van der Waals surface area (Å²) in [5, 5.41) is 0. The van der Waals surface area contributed by atoms with Gasteiger partial charge in [0.1, 0.15) is 0 Å². The highest BCUT2D eigenvalue weighted by atomic mass is 32.2. The fourth-order valence-electron chi connectivity index (χ4n) is 3.61. The van der Waals surface area contributed by atoms with Crippen LogP contribution in [0.25, 0.3) is 0 Å². The lowest BCUT2D eigenvalue weighted by molar-refractivity contribution is -0.906. The van der Waals surface area contributed by atoms with Crippen molar-refractivity contribution in [2.24, 2.45) is 0 Å². The molecule has 0 aromatic carbocycles. The number of unbranched alkanes of at least 4 members (excludes halogenated alkanes) is 9. The van der Waals surface area contributed by atoms with Crippen LogP contribution < -0.4 is 0 Å². The van der Waals surface area contributed by atoms with E-state index in [0.29, 0.717) is 24.1 Å². The lowest BCUT2D eigenvalue weighted by atomic mass is 10.1. The highest BCUT2D eigenvalue weighted by Gasteiger charge is 2.34. The van der Waals surface area contributed by atoms with Gasteiger partial charge in [-0.3, -0.25) is 0 Å². The highest BCUT2D eigenvalue weighted by Crippen LogP contribution is 2.15. The smallest absolute Gasteiger partial charge is 0.364 e. The zero-order valence-electron chi connectivity index (χ0n) is 18.6. The molecule has 0 amide bonds. The quantitative estimate of drug-likeness (QED) is 0.143. The second-order valence-corrected chi connectivity index (χ2v) is 9.91. The Hall–Kier alpha value is -0.660. The molecule has 1 unspecified atom stereocenters. The average molecular weight is 422 g/mol. The van der Waals surface area contributed by atoms with E-state index in [9.17, 15) is 17.8 Å². The number of carbonyl (C=O) groups excluding carboxylic acids is 1. The molecule has 28 heavy (non-hydrogen) atoms. The molecule has 0 saturated heterocycles. The Kier molecular flexibility index (Phi) is 14.9. The van der Waals surface area contributed by atoms with Crippen molar-refractivity contribution < 1.29 is 27.0 Å². The Bertz CT molecular complexity index is 505. The summed E-state index contributed by atoms with van der Waals surface area (Å²) in [6.45, 7) is 5.06. The molecule has 0 aromatic heterocycles. The molecule has 168 valence electrons. The van der Waals surface area contributed by atoms with E-state index in [2.05, 4.69) is 6.92 Å². The Morgan fingerprint density at radius 1 is 0.893 bits per heavy atom. The molecule has 0 heterocycles. The number of ether oxygens (including phenoxy) is 1. The topological polar surface area (TPSA) is 83.5 Å². The van der Waals surface area contributed by atoms with E-state index < -0.39 is 15.9 Å². The molecule has 1 atom stereocenters. The third kappa shape index (κ3) is 14.4. The normalized spacial score (nSPS) is 13.5. The number of nitrogens with zero attached hydrogens (tertiary/aromatic N) is 1. The van der Waals surface area contributed by atoms with E-state index >= 15 is 0 Å². The zero-order valence-corrected chi connectivity index (χ0v) is 19.4. The van der Waals surface area contributed by atoms with Gasteiger partial charge in [-0.05, 0) is 6.42 Å². The molecule has 0 fully saturated rings. The van der Waals surface area contributed by atoms with E-state index in [1.165, 1.54) is 51.4 Å². The minimum atomic E-state index is -4.21. The molecule has 0 N–H and O–H groups in total. The summed E-state index contributed by atoms with van der Waals surface area (Å²) >= 11 is 0. The summed E-state index contributed by atoms with van der Waals surface area (Å²) < 4.78 is 38.1. The molecule has 6 nitrogen and oxygen atoms in total. The van der Waals surface area contributed by atoms with Crippen molar-refractivity contribution in [3.63, 3.8) is 0 Å². The molecule has 0 saturated carbocycles. The van der Waals surface area contributed by atoms with Crippen molar-refractivity contribution in [1.82, 2.24) is 0 Å². The van der Waals surface area contributed by atoms with Gasteiger partial charge in [0.05, 0.1) is 37.4 Å². The summed E-state index contributed by atoms with van der Waals surface area (Å²) in [6, 6.07) is -0.336. The van der Waals surface area contributed by atoms with Gasteiger partial charge < -0.3 is 13.8 Å². The van der Waals surface area contributed by atoms with Crippen LogP contribution in [0.3, 0.4) is 0 Å². The van der Waals surface area contributed by atoms with Gasteiger partial charge in [0.2, 0.25) is 0 Å². The number of quaternary nitrogens is 1. The average Bonchev–Trinajstić information content (AvgIpc) is 2.58.